The number of para-hydroxylation sites is 1. The van der Waals surface area contributed by atoms with Gasteiger partial charge in [-0.3, -0.25) is 4.89 Å². The minimum atomic E-state index is -1.69. The molecule has 5 nitrogen and oxygen atoms in total. The van der Waals surface area contributed by atoms with Gasteiger partial charge in [-0.15, -0.1) is 0 Å². The molecule has 1 aliphatic rings. The van der Waals surface area contributed by atoms with Crippen molar-refractivity contribution >= 4 is 5.97 Å². The summed E-state index contributed by atoms with van der Waals surface area (Å²) in [6.45, 7) is 0.256. The van der Waals surface area contributed by atoms with Crippen LogP contribution in [0.3, 0.4) is 0 Å². The Labute approximate surface area is 92.5 Å². The number of hydrogen-bond acceptors (Lipinski definition) is 5. The molecule has 1 aromatic rings. The third kappa shape index (κ3) is 1.64. The molecule has 0 amide bonds. The Kier molecular flexibility index (Phi) is 2.80. The standard InChI is InChI=1S/C11H12O5/c1-14-16-10(12)11(13)6-7-15-9-5-3-2-4-8(9)11/h2-5,13H,6-7H2,1H3. The molecule has 0 saturated carbocycles. The number of hydrogen-bond donors (Lipinski definition) is 1. The van der Waals surface area contributed by atoms with Crippen LogP contribution >= 0.6 is 0 Å². The second-order valence-electron chi connectivity index (χ2n) is 3.49. The van der Waals surface area contributed by atoms with Crippen molar-refractivity contribution in [3.63, 3.8) is 0 Å². The van der Waals surface area contributed by atoms with Gasteiger partial charge in [0.2, 0.25) is 0 Å². The smallest absolute Gasteiger partial charge is 0.378 e. The van der Waals surface area contributed by atoms with Crippen LogP contribution in [0.25, 0.3) is 0 Å². The van der Waals surface area contributed by atoms with Crippen LogP contribution in [0.15, 0.2) is 24.3 Å². The Morgan fingerprint density at radius 2 is 2.25 bits per heavy atom. The summed E-state index contributed by atoms with van der Waals surface area (Å²) >= 11 is 0. The molecule has 0 saturated heterocycles. The molecule has 1 heterocycles. The zero-order valence-corrected chi connectivity index (χ0v) is 8.80. The van der Waals surface area contributed by atoms with Gasteiger partial charge in [-0.2, -0.15) is 4.89 Å². The topological polar surface area (TPSA) is 65.0 Å². The summed E-state index contributed by atoms with van der Waals surface area (Å²) in [5.41, 5.74) is -1.28. The first kappa shape index (κ1) is 10.9. The molecule has 1 N–H and O–H groups in total. The van der Waals surface area contributed by atoms with Crippen molar-refractivity contribution in [2.24, 2.45) is 0 Å². The van der Waals surface area contributed by atoms with Crippen molar-refractivity contribution in [1.29, 1.82) is 0 Å². The number of benzene rings is 1. The summed E-state index contributed by atoms with van der Waals surface area (Å²) in [4.78, 5) is 20.3. The molecule has 86 valence electrons. The SMILES string of the molecule is COOC(=O)C1(O)CCOc2ccccc21. The lowest BCUT2D eigenvalue weighted by Crippen LogP contribution is -2.41. The zero-order valence-electron chi connectivity index (χ0n) is 8.80. The average Bonchev–Trinajstić information content (AvgIpc) is 2.30. The molecular weight excluding hydrogens is 212 g/mol. The second kappa shape index (κ2) is 4.11. The number of ether oxygens (including phenoxy) is 1. The molecule has 0 aromatic heterocycles. The van der Waals surface area contributed by atoms with Crippen molar-refractivity contribution in [1.82, 2.24) is 0 Å². The van der Waals surface area contributed by atoms with E-state index in [2.05, 4.69) is 9.78 Å². The maximum atomic E-state index is 11.6. The first-order valence-corrected chi connectivity index (χ1v) is 4.88. The summed E-state index contributed by atoms with van der Waals surface area (Å²) in [6, 6.07) is 6.82. The predicted molar refractivity (Wildman–Crippen MR) is 53.6 cm³/mol. The predicted octanol–water partition coefficient (Wildman–Crippen LogP) is 0.761. The van der Waals surface area contributed by atoms with E-state index < -0.39 is 11.6 Å². The minimum absolute atomic E-state index is 0.145. The molecule has 0 spiro atoms. The van der Waals surface area contributed by atoms with Crippen molar-refractivity contribution in [2.75, 3.05) is 13.7 Å². The van der Waals surface area contributed by atoms with Crippen LogP contribution in [-0.2, 0) is 20.2 Å². The van der Waals surface area contributed by atoms with Gasteiger partial charge in [-0.25, -0.2) is 4.79 Å². The van der Waals surface area contributed by atoms with E-state index in [9.17, 15) is 9.90 Å². The lowest BCUT2D eigenvalue weighted by molar-refractivity contribution is -0.272. The molecule has 5 heteroatoms. The Morgan fingerprint density at radius 1 is 1.50 bits per heavy atom. The highest BCUT2D eigenvalue weighted by atomic mass is 17.2. The molecular formula is C11H12O5. The van der Waals surface area contributed by atoms with Crippen molar-refractivity contribution in [2.45, 2.75) is 12.0 Å². The van der Waals surface area contributed by atoms with Crippen LogP contribution in [0, 0.1) is 0 Å². The van der Waals surface area contributed by atoms with Gasteiger partial charge in [0.15, 0.2) is 5.60 Å². The monoisotopic (exact) mass is 224 g/mol. The lowest BCUT2D eigenvalue weighted by atomic mass is 9.88. The van der Waals surface area contributed by atoms with E-state index >= 15 is 0 Å². The normalized spacial score (nSPS) is 23.1. The number of carbonyl (C=O) groups is 1. The van der Waals surface area contributed by atoms with E-state index in [0.717, 1.165) is 0 Å². The van der Waals surface area contributed by atoms with E-state index in [-0.39, 0.29) is 13.0 Å². The summed E-state index contributed by atoms with van der Waals surface area (Å²) < 4.78 is 5.34. The van der Waals surface area contributed by atoms with Gasteiger partial charge < -0.3 is 9.84 Å². The van der Waals surface area contributed by atoms with Crippen molar-refractivity contribution in [3.8, 4) is 5.75 Å². The molecule has 0 radical (unpaired) electrons. The molecule has 1 aromatic carbocycles. The fourth-order valence-electron chi connectivity index (χ4n) is 1.73. The Bertz CT molecular complexity index is 403. The van der Waals surface area contributed by atoms with E-state index in [1.54, 1.807) is 24.3 Å². The second-order valence-corrected chi connectivity index (χ2v) is 3.49. The molecule has 1 unspecified atom stereocenters. The van der Waals surface area contributed by atoms with Crippen LogP contribution in [0.4, 0.5) is 0 Å². The highest BCUT2D eigenvalue weighted by Crippen LogP contribution is 2.37. The van der Waals surface area contributed by atoms with E-state index in [1.807, 2.05) is 0 Å². The minimum Gasteiger partial charge on any atom is -0.493 e. The molecule has 0 aliphatic carbocycles. The summed E-state index contributed by atoms with van der Waals surface area (Å²) in [5.74, 6) is -0.338. The molecule has 1 atom stereocenters. The summed E-state index contributed by atoms with van der Waals surface area (Å²) in [5, 5.41) is 10.3. The first-order valence-electron chi connectivity index (χ1n) is 4.88. The molecule has 2 rings (SSSR count). The van der Waals surface area contributed by atoms with Crippen LogP contribution in [0.5, 0.6) is 5.75 Å². The fourth-order valence-corrected chi connectivity index (χ4v) is 1.73. The van der Waals surface area contributed by atoms with E-state index in [4.69, 9.17) is 4.74 Å². The van der Waals surface area contributed by atoms with Crippen LogP contribution < -0.4 is 4.74 Å². The average molecular weight is 224 g/mol. The van der Waals surface area contributed by atoms with Gasteiger partial charge in [0.25, 0.3) is 0 Å². The zero-order chi connectivity index (χ0) is 11.6. The Hall–Kier alpha value is -1.59. The molecule has 1 aliphatic heterocycles. The maximum Gasteiger partial charge on any atom is 0.378 e. The Balaban J connectivity index is 2.40. The van der Waals surface area contributed by atoms with Crippen LogP contribution in [-0.4, -0.2) is 24.8 Å². The number of carbonyl (C=O) groups excluding carboxylic acids is 1. The summed E-state index contributed by atoms with van der Waals surface area (Å²) in [7, 11) is 1.21. The van der Waals surface area contributed by atoms with Gasteiger partial charge in [0.05, 0.1) is 13.7 Å². The third-order valence-corrected chi connectivity index (χ3v) is 2.55. The highest BCUT2D eigenvalue weighted by molar-refractivity contribution is 5.82. The van der Waals surface area contributed by atoms with Gasteiger partial charge >= 0.3 is 5.97 Å². The fraction of sp³-hybridized carbons (Fsp3) is 0.364. The van der Waals surface area contributed by atoms with E-state index in [0.29, 0.717) is 11.3 Å². The van der Waals surface area contributed by atoms with Crippen LogP contribution in [0.2, 0.25) is 0 Å². The van der Waals surface area contributed by atoms with Gasteiger partial charge in [0, 0.05) is 12.0 Å². The van der Waals surface area contributed by atoms with Gasteiger partial charge in [0.1, 0.15) is 5.75 Å². The number of fused-ring (bicyclic) bond motifs is 1. The number of aliphatic hydroxyl groups is 1. The molecule has 0 fully saturated rings. The lowest BCUT2D eigenvalue weighted by Gasteiger charge is -2.31. The number of rotatable bonds is 2. The maximum absolute atomic E-state index is 11.6. The summed E-state index contributed by atoms with van der Waals surface area (Å²) in [6.07, 6.45) is 0.145. The van der Waals surface area contributed by atoms with Gasteiger partial charge in [-0.1, -0.05) is 18.2 Å². The van der Waals surface area contributed by atoms with Gasteiger partial charge in [-0.05, 0) is 6.07 Å². The Morgan fingerprint density at radius 3 is 3.00 bits per heavy atom. The molecule has 16 heavy (non-hydrogen) atoms. The first-order chi connectivity index (χ1) is 7.68. The van der Waals surface area contributed by atoms with Crippen molar-refractivity contribution < 1.29 is 24.4 Å². The largest absolute Gasteiger partial charge is 0.493 e. The third-order valence-electron chi connectivity index (χ3n) is 2.55. The van der Waals surface area contributed by atoms with Crippen LogP contribution in [0.1, 0.15) is 12.0 Å². The van der Waals surface area contributed by atoms with Crippen molar-refractivity contribution in [3.05, 3.63) is 29.8 Å². The quantitative estimate of drug-likeness (QED) is 0.593. The van der Waals surface area contributed by atoms with E-state index in [1.165, 1.54) is 7.11 Å². The highest BCUT2D eigenvalue weighted by Gasteiger charge is 2.44. The molecule has 0 bridgehead atoms.